The fourth-order valence-electron chi connectivity index (χ4n) is 1.92. The van der Waals surface area contributed by atoms with E-state index in [0.717, 1.165) is 5.56 Å². The third-order valence-electron chi connectivity index (χ3n) is 2.86. The van der Waals surface area contributed by atoms with E-state index < -0.39 is 0 Å². The first-order valence-electron chi connectivity index (χ1n) is 6.79. The lowest BCUT2D eigenvalue weighted by molar-refractivity contribution is 0.311. The fraction of sp³-hybridized carbons (Fsp3) is 0.357. The van der Waals surface area contributed by atoms with E-state index in [9.17, 15) is 0 Å². The number of benzene rings is 1. The maximum atomic E-state index is 6.24. The highest BCUT2D eigenvalue weighted by Gasteiger charge is 2.12. The van der Waals surface area contributed by atoms with Crippen LogP contribution in [-0.4, -0.2) is 33.9 Å². The SMILES string of the molecule is C=CCn1nnnc1NCc1cc(Cl)c(OCC)c(OC)c1. The Morgan fingerprint density at radius 1 is 1.45 bits per heavy atom. The van der Waals surface area contributed by atoms with Crippen molar-refractivity contribution in [1.82, 2.24) is 20.2 Å². The molecular formula is C14H18ClN5O2. The van der Waals surface area contributed by atoms with Gasteiger partial charge in [-0.05, 0) is 35.0 Å². The summed E-state index contributed by atoms with van der Waals surface area (Å²) in [5.41, 5.74) is 0.929. The summed E-state index contributed by atoms with van der Waals surface area (Å²) in [5.74, 6) is 1.70. The van der Waals surface area contributed by atoms with Crippen LogP contribution in [0.1, 0.15) is 12.5 Å². The number of rotatable bonds is 8. The van der Waals surface area contributed by atoms with Crippen molar-refractivity contribution in [1.29, 1.82) is 0 Å². The molecule has 8 heteroatoms. The Hall–Kier alpha value is -2.28. The van der Waals surface area contributed by atoms with Crippen LogP contribution in [0.3, 0.4) is 0 Å². The van der Waals surface area contributed by atoms with Crippen molar-refractivity contribution < 1.29 is 9.47 Å². The van der Waals surface area contributed by atoms with Crippen molar-refractivity contribution in [3.8, 4) is 11.5 Å². The largest absolute Gasteiger partial charge is 0.493 e. The Labute approximate surface area is 133 Å². The third kappa shape index (κ3) is 3.67. The van der Waals surface area contributed by atoms with E-state index in [1.807, 2.05) is 19.1 Å². The number of anilines is 1. The monoisotopic (exact) mass is 323 g/mol. The van der Waals surface area contributed by atoms with Crippen LogP contribution in [0.2, 0.25) is 5.02 Å². The smallest absolute Gasteiger partial charge is 0.243 e. The summed E-state index contributed by atoms with van der Waals surface area (Å²) in [7, 11) is 1.58. The van der Waals surface area contributed by atoms with Gasteiger partial charge >= 0.3 is 0 Å². The molecule has 7 nitrogen and oxygen atoms in total. The van der Waals surface area contributed by atoms with Crippen LogP contribution in [-0.2, 0) is 13.1 Å². The Morgan fingerprint density at radius 2 is 2.27 bits per heavy atom. The molecule has 0 saturated heterocycles. The summed E-state index contributed by atoms with van der Waals surface area (Å²) < 4.78 is 12.4. The molecule has 2 rings (SSSR count). The van der Waals surface area contributed by atoms with Crippen molar-refractivity contribution in [3.63, 3.8) is 0 Å². The van der Waals surface area contributed by atoms with Gasteiger partial charge in [0.1, 0.15) is 0 Å². The van der Waals surface area contributed by atoms with Gasteiger partial charge < -0.3 is 14.8 Å². The van der Waals surface area contributed by atoms with E-state index in [1.54, 1.807) is 17.9 Å². The second-order valence-corrected chi connectivity index (χ2v) is 4.78. The van der Waals surface area contributed by atoms with Crippen LogP contribution in [0.25, 0.3) is 0 Å². The molecule has 0 bridgehead atoms. The molecule has 1 N–H and O–H groups in total. The summed E-state index contributed by atoms with van der Waals surface area (Å²) in [5, 5.41) is 15.1. The standard InChI is InChI=1S/C14H18ClN5O2/c1-4-6-20-14(17-18-19-20)16-9-10-7-11(15)13(22-5-2)12(8-10)21-3/h4,7-8H,1,5-6,9H2,2-3H3,(H,16,17,19). The quantitative estimate of drug-likeness (QED) is 0.752. The predicted molar refractivity (Wildman–Crippen MR) is 84.5 cm³/mol. The zero-order valence-electron chi connectivity index (χ0n) is 12.5. The Morgan fingerprint density at radius 3 is 2.95 bits per heavy atom. The Bertz CT molecular complexity index is 644. The Kier molecular flexibility index (Phi) is 5.60. The highest BCUT2D eigenvalue weighted by Crippen LogP contribution is 2.36. The molecule has 1 aromatic heterocycles. The van der Waals surface area contributed by atoms with E-state index in [-0.39, 0.29) is 0 Å². The zero-order chi connectivity index (χ0) is 15.9. The van der Waals surface area contributed by atoms with E-state index in [0.29, 0.717) is 42.2 Å². The molecule has 118 valence electrons. The lowest BCUT2D eigenvalue weighted by Gasteiger charge is -2.13. The molecule has 1 aromatic carbocycles. The number of methoxy groups -OCH3 is 1. The third-order valence-corrected chi connectivity index (χ3v) is 3.14. The van der Waals surface area contributed by atoms with E-state index in [2.05, 4.69) is 27.4 Å². The van der Waals surface area contributed by atoms with E-state index in [4.69, 9.17) is 21.1 Å². The van der Waals surface area contributed by atoms with Crippen LogP contribution in [0.5, 0.6) is 11.5 Å². The maximum Gasteiger partial charge on any atom is 0.243 e. The second-order valence-electron chi connectivity index (χ2n) is 4.37. The lowest BCUT2D eigenvalue weighted by Crippen LogP contribution is -2.08. The molecule has 0 fully saturated rings. The number of halogens is 1. The van der Waals surface area contributed by atoms with Crippen molar-refractivity contribution >= 4 is 17.5 Å². The molecule has 0 aliphatic carbocycles. The van der Waals surface area contributed by atoms with E-state index >= 15 is 0 Å². The highest BCUT2D eigenvalue weighted by molar-refractivity contribution is 6.32. The first kappa shape index (κ1) is 16.1. The molecule has 0 atom stereocenters. The average molecular weight is 324 g/mol. The van der Waals surface area contributed by atoms with Gasteiger partial charge in [0.25, 0.3) is 0 Å². The summed E-state index contributed by atoms with van der Waals surface area (Å²) >= 11 is 6.24. The van der Waals surface area contributed by atoms with Gasteiger partial charge in [0.05, 0.1) is 25.3 Å². The number of hydrogen-bond acceptors (Lipinski definition) is 6. The molecule has 0 amide bonds. The lowest BCUT2D eigenvalue weighted by atomic mass is 10.2. The molecule has 0 unspecified atom stereocenters. The molecule has 0 spiro atoms. The van der Waals surface area contributed by atoms with Crippen molar-refractivity contribution in [3.05, 3.63) is 35.4 Å². The minimum atomic E-state index is 0.500. The van der Waals surface area contributed by atoms with Gasteiger partial charge in [-0.15, -0.1) is 6.58 Å². The van der Waals surface area contributed by atoms with Crippen LogP contribution in [0.4, 0.5) is 5.95 Å². The minimum Gasteiger partial charge on any atom is -0.493 e. The van der Waals surface area contributed by atoms with Crippen molar-refractivity contribution in [2.75, 3.05) is 19.0 Å². The topological polar surface area (TPSA) is 74.1 Å². The molecule has 0 aliphatic heterocycles. The summed E-state index contributed by atoms with van der Waals surface area (Å²) in [6.45, 7) is 7.11. The second kappa shape index (κ2) is 7.65. The molecule has 0 aliphatic rings. The molecule has 1 heterocycles. The first-order valence-corrected chi connectivity index (χ1v) is 7.17. The van der Waals surface area contributed by atoms with E-state index in [1.165, 1.54) is 0 Å². The van der Waals surface area contributed by atoms with Crippen LogP contribution < -0.4 is 14.8 Å². The first-order chi connectivity index (χ1) is 10.7. The minimum absolute atomic E-state index is 0.500. The average Bonchev–Trinajstić information content (AvgIpc) is 2.95. The molecule has 2 aromatic rings. The number of nitrogens with zero attached hydrogens (tertiary/aromatic N) is 4. The summed E-state index contributed by atoms with van der Waals surface area (Å²) in [4.78, 5) is 0. The predicted octanol–water partition coefficient (Wildman–Crippen LogP) is 2.53. The van der Waals surface area contributed by atoms with Gasteiger partial charge in [-0.3, -0.25) is 0 Å². The molecular weight excluding hydrogens is 306 g/mol. The summed E-state index contributed by atoms with van der Waals surface area (Å²) in [6.07, 6.45) is 1.72. The summed E-state index contributed by atoms with van der Waals surface area (Å²) in [6, 6.07) is 3.69. The molecule has 0 saturated carbocycles. The van der Waals surface area contributed by atoms with Crippen molar-refractivity contribution in [2.45, 2.75) is 20.0 Å². The van der Waals surface area contributed by atoms with Gasteiger partial charge in [0, 0.05) is 6.54 Å². The number of allylic oxidation sites excluding steroid dienone is 1. The van der Waals surface area contributed by atoms with Crippen molar-refractivity contribution in [2.24, 2.45) is 0 Å². The zero-order valence-corrected chi connectivity index (χ0v) is 13.3. The molecule has 22 heavy (non-hydrogen) atoms. The maximum absolute atomic E-state index is 6.24. The van der Waals surface area contributed by atoms with Gasteiger partial charge in [-0.1, -0.05) is 22.8 Å². The fourth-order valence-corrected chi connectivity index (χ4v) is 2.21. The van der Waals surface area contributed by atoms with Crippen LogP contribution in [0.15, 0.2) is 24.8 Å². The number of ether oxygens (including phenoxy) is 2. The molecule has 0 radical (unpaired) electrons. The van der Waals surface area contributed by atoms with Crippen LogP contribution in [0, 0.1) is 0 Å². The van der Waals surface area contributed by atoms with Gasteiger partial charge in [-0.2, -0.15) is 0 Å². The number of aromatic nitrogens is 4. The number of hydrogen-bond donors (Lipinski definition) is 1. The van der Waals surface area contributed by atoms with Gasteiger partial charge in [-0.25, -0.2) is 4.68 Å². The van der Waals surface area contributed by atoms with Crippen LogP contribution >= 0.6 is 11.6 Å². The number of nitrogens with one attached hydrogen (secondary N) is 1. The highest BCUT2D eigenvalue weighted by atomic mass is 35.5. The number of tetrazole rings is 1. The Balaban J connectivity index is 2.14. The van der Waals surface area contributed by atoms with Gasteiger partial charge in [0.2, 0.25) is 5.95 Å². The normalized spacial score (nSPS) is 10.3. The van der Waals surface area contributed by atoms with Gasteiger partial charge in [0.15, 0.2) is 11.5 Å².